The number of hydroxylamine groups is 1. The number of hydrogen-bond donors (Lipinski definition) is 3. The van der Waals surface area contributed by atoms with Crippen LogP contribution in [0.25, 0.3) is 0 Å². The number of amides is 1. The molecule has 0 fully saturated rings. The molecule has 3 N–H and O–H groups in total. The molecule has 1 aromatic heterocycles. The maximum atomic E-state index is 13.2. The number of aromatic nitrogens is 2. The highest BCUT2D eigenvalue weighted by molar-refractivity contribution is 9.10. The molecule has 21 heavy (non-hydrogen) atoms. The molecule has 0 bridgehead atoms. The molecule has 0 aliphatic carbocycles. The summed E-state index contributed by atoms with van der Waals surface area (Å²) in [5.41, 5.74) is 2.15. The summed E-state index contributed by atoms with van der Waals surface area (Å²) < 4.78 is 17.9. The summed E-state index contributed by atoms with van der Waals surface area (Å²) in [5.74, 6) is -0.981. The van der Waals surface area contributed by atoms with Gasteiger partial charge in [-0.1, -0.05) is 0 Å². The Morgan fingerprint density at radius 2 is 2.24 bits per heavy atom. The van der Waals surface area contributed by atoms with Gasteiger partial charge in [0.05, 0.1) is 10.2 Å². The average molecular weight is 358 g/mol. The Bertz CT molecular complexity index is 703. The van der Waals surface area contributed by atoms with Crippen molar-refractivity contribution in [3.8, 4) is 0 Å². The van der Waals surface area contributed by atoms with Gasteiger partial charge in [-0.3, -0.25) is 15.5 Å². The Morgan fingerprint density at radius 1 is 1.48 bits per heavy atom. The quantitative estimate of drug-likeness (QED) is 0.439. The molecule has 10 heteroatoms. The summed E-state index contributed by atoms with van der Waals surface area (Å²) in [6, 6.07) is 4.00. The Hall–Kier alpha value is -2.33. The van der Waals surface area contributed by atoms with E-state index in [0.717, 1.165) is 0 Å². The zero-order valence-corrected chi connectivity index (χ0v) is 12.2. The number of carbonyl (C=O) groups is 1. The summed E-state index contributed by atoms with van der Waals surface area (Å²) >= 11 is 3.02. The van der Waals surface area contributed by atoms with E-state index in [1.807, 2.05) is 5.48 Å². The number of amidine groups is 1. The molecule has 2 aromatic rings. The van der Waals surface area contributed by atoms with Crippen LogP contribution in [-0.2, 0) is 4.79 Å². The van der Waals surface area contributed by atoms with Crippen LogP contribution in [0.15, 0.2) is 32.3 Å². The molecule has 0 saturated heterocycles. The lowest BCUT2D eigenvalue weighted by atomic mass is 10.3. The molecule has 2 rings (SSSR count). The van der Waals surface area contributed by atoms with E-state index < -0.39 is 11.7 Å². The van der Waals surface area contributed by atoms with Gasteiger partial charge in [0.2, 0.25) is 11.7 Å². The molecule has 0 unspecified atom stereocenters. The van der Waals surface area contributed by atoms with Crippen molar-refractivity contribution in [3.05, 3.63) is 34.2 Å². The van der Waals surface area contributed by atoms with E-state index in [-0.39, 0.29) is 21.8 Å². The van der Waals surface area contributed by atoms with Gasteiger partial charge in [-0.2, -0.15) is 0 Å². The molecular formula is C11H9BrFN5O3. The first-order chi connectivity index (χ1) is 10.0. The standard InChI is InChI=1S/C11H9BrFN5O3/c1-5(19)14-11-9(17-21-18-11)10(16-20)15-6-2-3-8(13)7(12)4-6/h2-4,20H,1H3,(H,15,16)(H,14,18,19). The van der Waals surface area contributed by atoms with Crippen molar-refractivity contribution in [2.75, 3.05) is 5.32 Å². The second kappa shape index (κ2) is 6.41. The van der Waals surface area contributed by atoms with E-state index in [1.165, 1.54) is 25.1 Å². The number of anilines is 1. The maximum absolute atomic E-state index is 13.2. The van der Waals surface area contributed by atoms with E-state index in [0.29, 0.717) is 5.69 Å². The van der Waals surface area contributed by atoms with Crippen molar-refractivity contribution >= 4 is 39.2 Å². The van der Waals surface area contributed by atoms with Crippen LogP contribution < -0.4 is 10.8 Å². The third-order valence-electron chi connectivity index (χ3n) is 2.26. The molecule has 1 aromatic carbocycles. The molecule has 0 saturated carbocycles. The fraction of sp³-hybridized carbons (Fsp3) is 0.0909. The number of benzene rings is 1. The van der Waals surface area contributed by atoms with Crippen LogP contribution in [0.3, 0.4) is 0 Å². The molecular weight excluding hydrogens is 349 g/mol. The molecule has 0 radical (unpaired) electrons. The highest BCUT2D eigenvalue weighted by Crippen LogP contribution is 2.23. The number of nitrogens with one attached hydrogen (secondary N) is 2. The van der Waals surface area contributed by atoms with Crippen LogP contribution >= 0.6 is 15.9 Å². The van der Waals surface area contributed by atoms with Crippen LogP contribution in [0.2, 0.25) is 0 Å². The first-order valence-electron chi connectivity index (χ1n) is 5.55. The molecule has 0 aliphatic rings. The van der Waals surface area contributed by atoms with Gasteiger partial charge in [-0.15, -0.1) is 0 Å². The van der Waals surface area contributed by atoms with Gasteiger partial charge in [0.15, 0.2) is 11.5 Å². The van der Waals surface area contributed by atoms with Gasteiger partial charge in [0.1, 0.15) is 5.82 Å². The van der Waals surface area contributed by atoms with Crippen LogP contribution in [0.4, 0.5) is 15.9 Å². The Morgan fingerprint density at radius 3 is 2.86 bits per heavy atom. The minimum atomic E-state index is -0.450. The van der Waals surface area contributed by atoms with Crippen molar-refractivity contribution in [1.29, 1.82) is 0 Å². The van der Waals surface area contributed by atoms with Crippen LogP contribution in [0.5, 0.6) is 0 Å². The lowest BCUT2D eigenvalue weighted by molar-refractivity contribution is -0.114. The largest absolute Gasteiger partial charge is 0.306 e. The van der Waals surface area contributed by atoms with E-state index in [9.17, 15) is 9.18 Å². The zero-order valence-electron chi connectivity index (χ0n) is 10.6. The van der Waals surface area contributed by atoms with Crippen LogP contribution in [0.1, 0.15) is 12.6 Å². The van der Waals surface area contributed by atoms with Crippen LogP contribution in [-0.4, -0.2) is 27.3 Å². The summed E-state index contributed by atoms with van der Waals surface area (Å²) in [7, 11) is 0. The lowest BCUT2D eigenvalue weighted by Gasteiger charge is -2.03. The number of rotatable bonds is 3. The summed E-state index contributed by atoms with van der Waals surface area (Å²) in [4.78, 5) is 15.1. The highest BCUT2D eigenvalue weighted by Gasteiger charge is 2.17. The Kier molecular flexibility index (Phi) is 4.60. The molecule has 0 atom stereocenters. The molecule has 0 spiro atoms. The van der Waals surface area contributed by atoms with Crippen molar-refractivity contribution in [3.63, 3.8) is 0 Å². The molecule has 110 valence electrons. The SMILES string of the molecule is CC(=O)Nc1nonc1C(=Nc1ccc(F)c(Br)c1)NO. The Labute approximate surface area is 126 Å². The van der Waals surface area contributed by atoms with Crippen molar-refractivity contribution in [2.24, 2.45) is 4.99 Å². The first-order valence-corrected chi connectivity index (χ1v) is 6.35. The third kappa shape index (κ3) is 3.61. The number of aliphatic imine (C=N–C) groups is 1. The van der Waals surface area contributed by atoms with Crippen molar-refractivity contribution in [2.45, 2.75) is 6.92 Å². The fourth-order valence-electron chi connectivity index (χ4n) is 1.41. The third-order valence-corrected chi connectivity index (χ3v) is 2.86. The van der Waals surface area contributed by atoms with Crippen LogP contribution in [0, 0.1) is 5.82 Å². The first kappa shape index (κ1) is 15.1. The molecule has 8 nitrogen and oxygen atoms in total. The lowest BCUT2D eigenvalue weighted by Crippen LogP contribution is -2.22. The molecule has 0 aliphatic heterocycles. The Balaban J connectivity index is 2.39. The number of halogens is 2. The van der Waals surface area contributed by atoms with Crippen molar-refractivity contribution in [1.82, 2.24) is 15.8 Å². The van der Waals surface area contributed by atoms with Gasteiger partial charge in [0.25, 0.3) is 0 Å². The number of carbonyl (C=O) groups excluding carboxylic acids is 1. The topological polar surface area (TPSA) is 113 Å². The average Bonchev–Trinajstić information content (AvgIpc) is 2.87. The zero-order chi connectivity index (χ0) is 15.4. The van der Waals surface area contributed by atoms with Gasteiger partial charge in [-0.25, -0.2) is 14.0 Å². The second-order valence-corrected chi connectivity index (χ2v) is 4.67. The van der Waals surface area contributed by atoms with Gasteiger partial charge in [0, 0.05) is 6.92 Å². The smallest absolute Gasteiger partial charge is 0.222 e. The predicted molar refractivity (Wildman–Crippen MR) is 73.8 cm³/mol. The van der Waals surface area contributed by atoms with E-state index in [4.69, 9.17) is 5.21 Å². The number of nitrogens with zero attached hydrogens (tertiary/aromatic N) is 3. The minimum absolute atomic E-state index is 0.00634. The van der Waals surface area contributed by atoms with E-state index in [1.54, 1.807) is 0 Å². The van der Waals surface area contributed by atoms with Gasteiger partial charge < -0.3 is 5.32 Å². The van der Waals surface area contributed by atoms with Crippen molar-refractivity contribution < 1.29 is 19.0 Å². The highest BCUT2D eigenvalue weighted by atomic mass is 79.9. The summed E-state index contributed by atoms with van der Waals surface area (Å²) in [6.45, 7) is 1.28. The monoisotopic (exact) mass is 357 g/mol. The summed E-state index contributed by atoms with van der Waals surface area (Å²) in [6.07, 6.45) is 0. The predicted octanol–water partition coefficient (Wildman–Crippen LogP) is 1.99. The normalized spacial score (nSPS) is 11.3. The summed E-state index contributed by atoms with van der Waals surface area (Å²) in [5, 5.41) is 18.5. The van der Waals surface area contributed by atoms with Gasteiger partial charge in [-0.05, 0) is 44.4 Å². The van der Waals surface area contributed by atoms with E-state index in [2.05, 4.69) is 41.2 Å². The van der Waals surface area contributed by atoms with Gasteiger partial charge >= 0.3 is 0 Å². The fourth-order valence-corrected chi connectivity index (χ4v) is 1.77. The second-order valence-electron chi connectivity index (χ2n) is 3.81. The minimum Gasteiger partial charge on any atom is -0.306 e. The maximum Gasteiger partial charge on any atom is 0.222 e. The molecule has 1 heterocycles. The molecule has 1 amide bonds. The number of hydrogen-bond acceptors (Lipinski definition) is 6. The van der Waals surface area contributed by atoms with E-state index >= 15 is 0 Å².